The lowest BCUT2D eigenvalue weighted by molar-refractivity contribution is -0.121. The van der Waals surface area contributed by atoms with Gasteiger partial charge in [0.1, 0.15) is 6.61 Å². The van der Waals surface area contributed by atoms with Crippen molar-refractivity contribution in [1.29, 1.82) is 0 Å². The lowest BCUT2D eigenvalue weighted by Gasteiger charge is -2.33. The molecule has 0 bridgehead atoms. The fourth-order valence-electron chi connectivity index (χ4n) is 4.13. The molecule has 0 spiro atoms. The number of carbonyl (C=O) groups is 2. The number of amides is 2. The van der Waals surface area contributed by atoms with Crippen molar-refractivity contribution in [3.8, 4) is 0 Å². The van der Waals surface area contributed by atoms with E-state index in [0.717, 1.165) is 42.7 Å². The van der Waals surface area contributed by atoms with Gasteiger partial charge in [0.05, 0.1) is 12.2 Å². The van der Waals surface area contributed by atoms with Gasteiger partial charge in [-0.15, -0.1) is 0 Å². The number of carbonyl (C=O) groups excluding carboxylic acids is 2. The molecule has 3 aromatic rings. The van der Waals surface area contributed by atoms with Gasteiger partial charge in [-0.05, 0) is 54.2 Å². The van der Waals surface area contributed by atoms with Crippen LogP contribution in [0.25, 0.3) is 0 Å². The van der Waals surface area contributed by atoms with E-state index in [2.05, 4.69) is 27.4 Å². The monoisotopic (exact) mass is 472 g/mol. The molecule has 182 valence electrons. The van der Waals surface area contributed by atoms with Gasteiger partial charge in [-0.25, -0.2) is 0 Å². The van der Waals surface area contributed by atoms with Crippen LogP contribution in [0, 0.1) is 5.92 Å². The number of benzene rings is 2. The average Bonchev–Trinajstić information content (AvgIpc) is 2.89. The molecule has 1 aliphatic rings. The predicted octanol–water partition coefficient (Wildman–Crippen LogP) is 4.40. The second-order valence-electron chi connectivity index (χ2n) is 8.97. The Kier molecular flexibility index (Phi) is 8.46. The van der Waals surface area contributed by atoms with Crippen LogP contribution in [-0.2, 0) is 22.7 Å². The normalized spacial score (nSPS) is 13.9. The first-order valence-corrected chi connectivity index (χ1v) is 12.1. The van der Waals surface area contributed by atoms with Crippen molar-refractivity contribution in [2.24, 2.45) is 5.92 Å². The number of rotatable bonds is 9. The summed E-state index contributed by atoms with van der Waals surface area (Å²) >= 11 is 0. The maximum Gasteiger partial charge on any atom is 0.253 e. The van der Waals surface area contributed by atoms with E-state index in [-0.39, 0.29) is 18.4 Å². The van der Waals surface area contributed by atoms with E-state index in [1.54, 1.807) is 18.5 Å². The molecule has 0 saturated carbocycles. The SMILES string of the molecule is CC1CCN(c2ccc(NC(=O)COCc3ccccc3)cc2C(=O)NCc2cccnc2)CC1. The van der Waals surface area contributed by atoms with E-state index in [1.807, 2.05) is 54.6 Å². The standard InChI is InChI=1S/C28H32N4O3/c1-21-11-14-32(15-12-21)26-10-9-24(31-27(33)20-35-19-22-6-3-2-4-7-22)16-25(26)28(34)30-18-23-8-5-13-29-17-23/h2-10,13,16-17,21H,11-12,14-15,18-20H2,1H3,(H,30,34)(H,31,33). The molecule has 4 rings (SSSR count). The van der Waals surface area contributed by atoms with Gasteiger partial charge in [0.15, 0.2) is 0 Å². The molecular weight excluding hydrogens is 440 g/mol. The Morgan fingerprint density at radius 3 is 2.54 bits per heavy atom. The topological polar surface area (TPSA) is 83.6 Å². The highest BCUT2D eigenvalue weighted by molar-refractivity contribution is 6.02. The van der Waals surface area contributed by atoms with Crippen LogP contribution in [-0.4, -0.2) is 36.5 Å². The molecule has 1 aromatic heterocycles. The van der Waals surface area contributed by atoms with E-state index in [4.69, 9.17) is 4.74 Å². The summed E-state index contributed by atoms with van der Waals surface area (Å²) in [6.07, 6.45) is 5.62. The largest absolute Gasteiger partial charge is 0.371 e. The highest BCUT2D eigenvalue weighted by Crippen LogP contribution is 2.29. The predicted molar refractivity (Wildman–Crippen MR) is 137 cm³/mol. The summed E-state index contributed by atoms with van der Waals surface area (Å²) in [5, 5.41) is 5.86. The minimum atomic E-state index is -0.262. The molecule has 35 heavy (non-hydrogen) atoms. The summed E-state index contributed by atoms with van der Waals surface area (Å²) in [5.74, 6) is 0.240. The molecule has 7 nitrogen and oxygen atoms in total. The molecule has 1 saturated heterocycles. The number of piperidine rings is 1. The summed E-state index contributed by atoms with van der Waals surface area (Å²) in [6.45, 7) is 4.75. The summed E-state index contributed by atoms with van der Waals surface area (Å²) in [6, 6.07) is 19.0. The van der Waals surface area contributed by atoms with E-state index in [9.17, 15) is 9.59 Å². The Labute approximate surface area is 206 Å². The Bertz CT molecular complexity index is 1110. The van der Waals surface area contributed by atoms with Gasteiger partial charge in [-0.1, -0.05) is 43.3 Å². The highest BCUT2D eigenvalue weighted by atomic mass is 16.5. The van der Waals surface area contributed by atoms with Gasteiger partial charge < -0.3 is 20.3 Å². The zero-order chi connectivity index (χ0) is 24.5. The number of nitrogens with one attached hydrogen (secondary N) is 2. The number of anilines is 2. The summed E-state index contributed by atoms with van der Waals surface area (Å²) in [4.78, 5) is 32.0. The fourth-order valence-corrected chi connectivity index (χ4v) is 4.13. The van der Waals surface area contributed by atoms with Crippen LogP contribution in [0.1, 0.15) is 41.3 Å². The van der Waals surface area contributed by atoms with E-state index in [1.165, 1.54) is 0 Å². The van der Waals surface area contributed by atoms with Crippen molar-refractivity contribution < 1.29 is 14.3 Å². The number of hydrogen-bond acceptors (Lipinski definition) is 5. The van der Waals surface area contributed by atoms with Gasteiger partial charge >= 0.3 is 0 Å². The first-order valence-electron chi connectivity index (χ1n) is 12.1. The molecule has 0 atom stereocenters. The molecule has 1 aliphatic heterocycles. The van der Waals surface area contributed by atoms with E-state index in [0.29, 0.717) is 30.3 Å². The number of ether oxygens (including phenoxy) is 1. The molecule has 2 aromatic carbocycles. The van der Waals surface area contributed by atoms with Gasteiger partial charge in [0.25, 0.3) is 5.91 Å². The lowest BCUT2D eigenvalue weighted by atomic mass is 9.97. The second-order valence-corrected chi connectivity index (χ2v) is 8.97. The van der Waals surface area contributed by atoms with Crippen LogP contribution in [0.2, 0.25) is 0 Å². The van der Waals surface area contributed by atoms with Crippen molar-refractivity contribution in [3.05, 3.63) is 89.7 Å². The molecular formula is C28H32N4O3. The van der Waals surface area contributed by atoms with E-state index >= 15 is 0 Å². The number of pyridine rings is 1. The molecule has 0 radical (unpaired) electrons. The molecule has 2 N–H and O–H groups in total. The van der Waals surface area contributed by atoms with Gasteiger partial charge in [-0.3, -0.25) is 14.6 Å². The average molecular weight is 473 g/mol. The Balaban J connectivity index is 1.43. The minimum Gasteiger partial charge on any atom is -0.371 e. The van der Waals surface area contributed by atoms with Crippen LogP contribution >= 0.6 is 0 Å². The van der Waals surface area contributed by atoms with Crippen molar-refractivity contribution in [2.75, 3.05) is 29.9 Å². The molecule has 2 amide bonds. The van der Waals surface area contributed by atoms with Crippen LogP contribution < -0.4 is 15.5 Å². The van der Waals surface area contributed by atoms with Gasteiger partial charge in [0, 0.05) is 43.4 Å². The Morgan fingerprint density at radius 1 is 1.03 bits per heavy atom. The molecule has 0 unspecified atom stereocenters. The molecule has 2 heterocycles. The maximum atomic E-state index is 13.2. The smallest absolute Gasteiger partial charge is 0.253 e. The van der Waals surface area contributed by atoms with Gasteiger partial charge in [-0.2, -0.15) is 0 Å². The van der Waals surface area contributed by atoms with Crippen LogP contribution in [0.5, 0.6) is 0 Å². The molecule has 1 fully saturated rings. The summed E-state index contributed by atoms with van der Waals surface area (Å²) < 4.78 is 5.54. The van der Waals surface area contributed by atoms with Crippen molar-refractivity contribution in [2.45, 2.75) is 32.9 Å². The summed E-state index contributed by atoms with van der Waals surface area (Å²) in [7, 11) is 0. The quantitative estimate of drug-likeness (QED) is 0.482. The zero-order valence-electron chi connectivity index (χ0n) is 20.1. The molecule has 7 heteroatoms. The van der Waals surface area contributed by atoms with Crippen LogP contribution in [0.15, 0.2) is 73.1 Å². The van der Waals surface area contributed by atoms with Crippen molar-refractivity contribution in [3.63, 3.8) is 0 Å². The van der Waals surface area contributed by atoms with E-state index < -0.39 is 0 Å². The molecule has 0 aliphatic carbocycles. The number of aromatic nitrogens is 1. The van der Waals surface area contributed by atoms with Crippen molar-refractivity contribution >= 4 is 23.2 Å². The first kappa shape index (κ1) is 24.4. The first-order chi connectivity index (χ1) is 17.1. The minimum absolute atomic E-state index is 0.0663. The lowest BCUT2D eigenvalue weighted by Crippen LogP contribution is -2.35. The van der Waals surface area contributed by atoms with Crippen molar-refractivity contribution in [1.82, 2.24) is 10.3 Å². The number of nitrogens with zero attached hydrogens (tertiary/aromatic N) is 2. The second kappa shape index (κ2) is 12.1. The third-order valence-corrected chi connectivity index (χ3v) is 6.17. The summed E-state index contributed by atoms with van der Waals surface area (Å²) in [5.41, 5.74) is 3.94. The Morgan fingerprint density at radius 2 is 1.80 bits per heavy atom. The highest BCUT2D eigenvalue weighted by Gasteiger charge is 2.22. The maximum absolute atomic E-state index is 13.2. The third-order valence-electron chi connectivity index (χ3n) is 6.17. The zero-order valence-corrected chi connectivity index (χ0v) is 20.1. The third kappa shape index (κ3) is 7.13. The van der Waals surface area contributed by atoms with Gasteiger partial charge in [0.2, 0.25) is 5.91 Å². The van der Waals surface area contributed by atoms with Crippen LogP contribution in [0.4, 0.5) is 11.4 Å². The number of hydrogen-bond donors (Lipinski definition) is 2. The fraction of sp³-hybridized carbons (Fsp3) is 0.321. The van der Waals surface area contributed by atoms with Crippen LogP contribution in [0.3, 0.4) is 0 Å². The Hall–Kier alpha value is -3.71.